The summed E-state index contributed by atoms with van der Waals surface area (Å²) in [6.45, 7) is 5.94. The second-order valence-electron chi connectivity index (χ2n) is 7.19. The smallest absolute Gasteiger partial charge is 0.240 e. The van der Waals surface area contributed by atoms with Crippen LogP contribution in [-0.4, -0.2) is 75.8 Å². The molecule has 1 amide bonds. The normalized spacial score (nSPS) is 26.6. The van der Waals surface area contributed by atoms with E-state index in [1.54, 1.807) is 0 Å². The molecule has 1 aromatic heterocycles. The molecule has 7 nitrogen and oxygen atoms in total. The Hall–Kier alpha value is -0.540. The van der Waals surface area contributed by atoms with Gasteiger partial charge in [-0.1, -0.05) is 6.92 Å². The molecule has 4 rings (SSSR count). The van der Waals surface area contributed by atoms with E-state index in [0.717, 1.165) is 75.3 Å². The number of rotatable bonds is 4. The Morgan fingerprint density at radius 2 is 2.04 bits per heavy atom. The van der Waals surface area contributed by atoms with E-state index in [9.17, 15) is 4.79 Å². The van der Waals surface area contributed by atoms with E-state index in [1.807, 2.05) is 23.6 Å². The molecule has 0 radical (unpaired) electrons. The molecule has 3 aliphatic rings. The Kier molecular flexibility index (Phi) is 8.68. The Labute approximate surface area is 177 Å². The predicted molar refractivity (Wildman–Crippen MR) is 111 cm³/mol. The highest BCUT2D eigenvalue weighted by atomic mass is 35.5. The maximum atomic E-state index is 12.5. The van der Waals surface area contributed by atoms with Crippen LogP contribution in [0, 0.1) is 0 Å². The molecular formula is C17H29Cl2N5O2S. The van der Waals surface area contributed by atoms with Crippen molar-refractivity contribution >= 4 is 42.5 Å². The van der Waals surface area contributed by atoms with Crippen LogP contribution in [0.4, 0.5) is 0 Å². The highest BCUT2D eigenvalue weighted by Crippen LogP contribution is 2.30. The third-order valence-electron chi connectivity index (χ3n) is 5.65. The van der Waals surface area contributed by atoms with Crippen LogP contribution in [-0.2, 0) is 11.2 Å². The number of likely N-dealkylation sites (tertiary alicyclic amines) is 1. The van der Waals surface area contributed by atoms with Gasteiger partial charge in [0.05, 0.1) is 11.9 Å². The zero-order valence-electron chi connectivity index (χ0n) is 15.6. The number of aryl methyl sites for hydroxylation is 1. The molecule has 2 atom stereocenters. The van der Waals surface area contributed by atoms with Crippen LogP contribution in [0.2, 0.25) is 0 Å². The number of amides is 1. The molecule has 0 bridgehead atoms. The van der Waals surface area contributed by atoms with Gasteiger partial charge in [0, 0.05) is 37.2 Å². The van der Waals surface area contributed by atoms with E-state index in [2.05, 4.69) is 20.4 Å². The largest absolute Gasteiger partial charge is 0.425 e. The Morgan fingerprint density at radius 1 is 1.26 bits per heavy atom. The van der Waals surface area contributed by atoms with Crippen molar-refractivity contribution in [1.29, 1.82) is 0 Å². The SMILES string of the molecule is CCc1nnc(C2CCN([C@@H]3CN[C@H](C(=O)N4CCSC4)C3)CC2)o1.Cl.Cl. The van der Waals surface area contributed by atoms with Crippen LogP contribution in [0.15, 0.2) is 4.42 Å². The molecule has 4 heterocycles. The molecule has 0 spiro atoms. The molecule has 3 saturated heterocycles. The monoisotopic (exact) mass is 437 g/mol. The molecule has 10 heteroatoms. The van der Waals surface area contributed by atoms with Crippen molar-refractivity contribution < 1.29 is 9.21 Å². The van der Waals surface area contributed by atoms with E-state index in [1.165, 1.54) is 0 Å². The Morgan fingerprint density at radius 3 is 2.67 bits per heavy atom. The molecule has 1 N–H and O–H groups in total. The lowest BCUT2D eigenvalue weighted by atomic mass is 9.95. The lowest BCUT2D eigenvalue weighted by molar-refractivity contribution is -0.131. The van der Waals surface area contributed by atoms with Crippen LogP contribution in [0.3, 0.4) is 0 Å². The summed E-state index contributed by atoms with van der Waals surface area (Å²) in [5.74, 6) is 4.15. The van der Waals surface area contributed by atoms with Crippen molar-refractivity contribution in [3.05, 3.63) is 11.8 Å². The molecule has 3 aliphatic heterocycles. The van der Waals surface area contributed by atoms with Gasteiger partial charge < -0.3 is 14.6 Å². The maximum absolute atomic E-state index is 12.5. The molecule has 27 heavy (non-hydrogen) atoms. The van der Waals surface area contributed by atoms with Gasteiger partial charge in [-0.25, -0.2) is 0 Å². The van der Waals surface area contributed by atoms with Gasteiger partial charge in [0.1, 0.15) is 0 Å². The van der Waals surface area contributed by atoms with E-state index < -0.39 is 0 Å². The average Bonchev–Trinajstić information content (AvgIpc) is 3.42. The summed E-state index contributed by atoms with van der Waals surface area (Å²) in [5, 5.41) is 11.8. The summed E-state index contributed by atoms with van der Waals surface area (Å²) in [4.78, 5) is 17.1. The number of aromatic nitrogens is 2. The highest BCUT2D eigenvalue weighted by Gasteiger charge is 2.37. The van der Waals surface area contributed by atoms with Crippen LogP contribution in [0.25, 0.3) is 0 Å². The number of nitrogens with one attached hydrogen (secondary N) is 1. The fourth-order valence-electron chi connectivity index (χ4n) is 4.08. The lowest BCUT2D eigenvalue weighted by Crippen LogP contribution is -2.42. The van der Waals surface area contributed by atoms with Gasteiger partial charge in [0.25, 0.3) is 0 Å². The van der Waals surface area contributed by atoms with E-state index >= 15 is 0 Å². The van der Waals surface area contributed by atoms with Gasteiger partial charge in [-0.05, 0) is 32.4 Å². The number of hydrogen-bond donors (Lipinski definition) is 1. The lowest BCUT2D eigenvalue weighted by Gasteiger charge is -2.34. The van der Waals surface area contributed by atoms with E-state index in [-0.39, 0.29) is 30.9 Å². The summed E-state index contributed by atoms with van der Waals surface area (Å²) >= 11 is 1.85. The third kappa shape index (κ3) is 5.09. The quantitative estimate of drug-likeness (QED) is 0.770. The van der Waals surface area contributed by atoms with Gasteiger partial charge >= 0.3 is 0 Å². The molecule has 0 aliphatic carbocycles. The predicted octanol–water partition coefficient (Wildman–Crippen LogP) is 1.92. The minimum Gasteiger partial charge on any atom is -0.425 e. The Balaban J connectivity index is 0.00000131. The number of carbonyl (C=O) groups excluding carboxylic acids is 1. The number of carbonyl (C=O) groups is 1. The number of thioether (sulfide) groups is 1. The standard InChI is InChI=1S/C17H27N5O2S.2ClH/c1-2-15-19-20-16(24-15)12-3-5-21(6-4-12)13-9-14(18-10-13)17(23)22-7-8-25-11-22;;/h12-14,18H,2-11H2,1H3;2*1H/t13-,14-;;/m0../s1. The van der Waals surface area contributed by atoms with Gasteiger partial charge in [0.2, 0.25) is 17.7 Å². The Bertz CT molecular complexity index is 606. The van der Waals surface area contributed by atoms with Gasteiger partial charge in [-0.15, -0.1) is 46.8 Å². The second-order valence-corrected chi connectivity index (χ2v) is 8.26. The molecule has 0 unspecified atom stereocenters. The first-order chi connectivity index (χ1) is 12.2. The fraction of sp³-hybridized carbons (Fsp3) is 0.824. The summed E-state index contributed by atoms with van der Waals surface area (Å²) in [6, 6.07) is 0.475. The minimum absolute atomic E-state index is 0. The number of piperidine rings is 1. The van der Waals surface area contributed by atoms with Gasteiger partial charge in [0.15, 0.2) is 0 Å². The molecule has 0 aromatic carbocycles. The van der Waals surface area contributed by atoms with Crippen molar-refractivity contribution in [2.24, 2.45) is 0 Å². The van der Waals surface area contributed by atoms with Crippen molar-refractivity contribution in [2.45, 2.75) is 50.6 Å². The molecule has 154 valence electrons. The third-order valence-corrected chi connectivity index (χ3v) is 6.62. The van der Waals surface area contributed by atoms with Gasteiger partial charge in [-0.2, -0.15) is 0 Å². The zero-order valence-corrected chi connectivity index (χ0v) is 18.1. The minimum atomic E-state index is 0. The van der Waals surface area contributed by atoms with Crippen molar-refractivity contribution in [2.75, 3.05) is 37.8 Å². The van der Waals surface area contributed by atoms with E-state index in [4.69, 9.17) is 4.42 Å². The first kappa shape index (κ1) is 22.7. The van der Waals surface area contributed by atoms with Crippen molar-refractivity contribution in [1.82, 2.24) is 25.3 Å². The fourth-order valence-corrected chi connectivity index (χ4v) is 5.03. The van der Waals surface area contributed by atoms with Crippen LogP contribution in [0.1, 0.15) is 43.9 Å². The van der Waals surface area contributed by atoms with E-state index in [0.29, 0.717) is 17.9 Å². The van der Waals surface area contributed by atoms with Crippen LogP contribution in [0.5, 0.6) is 0 Å². The van der Waals surface area contributed by atoms with Gasteiger partial charge in [-0.3, -0.25) is 9.69 Å². The molecule has 1 aromatic rings. The zero-order chi connectivity index (χ0) is 17.2. The van der Waals surface area contributed by atoms with Crippen molar-refractivity contribution in [3.63, 3.8) is 0 Å². The summed E-state index contributed by atoms with van der Waals surface area (Å²) in [6.07, 6.45) is 3.85. The first-order valence-electron chi connectivity index (χ1n) is 9.41. The average molecular weight is 438 g/mol. The molecular weight excluding hydrogens is 409 g/mol. The molecule has 3 fully saturated rings. The topological polar surface area (TPSA) is 74.5 Å². The number of hydrogen-bond acceptors (Lipinski definition) is 7. The second kappa shape index (κ2) is 10.3. The summed E-state index contributed by atoms with van der Waals surface area (Å²) < 4.78 is 5.73. The highest BCUT2D eigenvalue weighted by molar-refractivity contribution is 7.99. The van der Waals surface area contributed by atoms with Crippen molar-refractivity contribution in [3.8, 4) is 0 Å². The molecule has 0 saturated carbocycles. The summed E-state index contributed by atoms with van der Waals surface area (Å²) in [7, 11) is 0. The maximum Gasteiger partial charge on any atom is 0.240 e. The first-order valence-corrected chi connectivity index (χ1v) is 10.6. The van der Waals surface area contributed by atoms with Crippen LogP contribution < -0.4 is 5.32 Å². The number of nitrogens with zero attached hydrogens (tertiary/aromatic N) is 4. The number of halogens is 2. The summed E-state index contributed by atoms with van der Waals surface area (Å²) in [5.41, 5.74) is 0. The van der Waals surface area contributed by atoms with Crippen LogP contribution >= 0.6 is 36.6 Å².